The van der Waals surface area contributed by atoms with Crippen LogP contribution >= 0.6 is 15.9 Å². The number of amides is 1. The van der Waals surface area contributed by atoms with E-state index in [1.165, 1.54) is 4.57 Å². The fourth-order valence-corrected chi connectivity index (χ4v) is 3.25. The van der Waals surface area contributed by atoms with Gasteiger partial charge in [-0.2, -0.15) is 4.98 Å². The van der Waals surface area contributed by atoms with Crippen LogP contribution in [0.2, 0.25) is 0 Å². The number of carbonyl (C=O) groups excluding carboxylic acids is 1. The molecule has 2 aromatic heterocycles. The second-order valence-corrected chi connectivity index (χ2v) is 8.22. The molecule has 0 radical (unpaired) electrons. The van der Waals surface area contributed by atoms with Gasteiger partial charge in [-0.15, -0.1) is 0 Å². The van der Waals surface area contributed by atoms with Crippen molar-refractivity contribution in [3.05, 3.63) is 27.1 Å². The number of aromatic nitrogens is 3. The SMILES string of the molecule is Cn1c(=O)c(Br)cc2cnc(N[C@@H]3COC[C@@H]3NC(=O)OC(C)(C)C)nc21. The van der Waals surface area contributed by atoms with Crippen molar-refractivity contribution in [2.24, 2.45) is 7.05 Å². The van der Waals surface area contributed by atoms with E-state index >= 15 is 0 Å². The van der Waals surface area contributed by atoms with E-state index in [-0.39, 0.29) is 17.6 Å². The quantitative estimate of drug-likeness (QED) is 0.750. The number of nitrogens with one attached hydrogen (secondary N) is 2. The molecule has 2 N–H and O–H groups in total. The highest BCUT2D eigenvalue weighted by Gasteiger charge is 2.31. The van der Waals surface area contributed by atoms with Gasteiger partial charge in [-0.1, -0.05) is 0 Å². The second-order valence-electron chi connectivity index (χ2n) is 7.37. The molecular weight excluding hydrogens is 418 g/mol. The van der Waals surface area contributed by atoms with Gasteiger partial charge < -0.3 is 20.1 Å². The molecule has 1 aliphatic rings. The Balaban J connectivity index is 1.76. The first-order chi connectivity index (χ1) is 12.6. The molecule has 146 valence electrons. The molecule has 9 nitrogen and oxygen atoms in total. The number of fused-ring (bicyclic) bond motifs is 1. The number of hydrogen-bond donors (Lipinski definition) is 2. The van der Waals surface area contributed by atoms with Crippen molar-refractivity contribution in [3.8, 4) is 0 Å². The number of alkyl carbamates (subject to hydrolysis) is 1. The Morgan fingerprint density at radius 1 is 1.37 bits per heavy atom. The summed E-state index contributed by atoms with van der Waals surface area (Å²) in [5.41, 5.74) is -0.246. The van der Waals surface area contributed by atoms with Crippen molar-refractivity contribution in [1.29, 1.82) is 0 Å². The number of rotatable bonds is 3. The largest absolute Gasteiger partial charge is 0.444 e. The maximum absolute atomic E-state index is 12.1. The Morgan fingerprint density at radius 3 is 2.78 bits per heavy atom. The summed E-state index contributed by atoms with van der Waals surface area (Å²) in [6, 6.07) is 1.18. The number of pyridine rings is 1. The van der Waals surface area contributed by atoms with E-state index in [2.05, 4.69) is 36.5 Å². The molecule has 10 heteroatoms. The van der Waals surface area contributed by atoms with Crippen LogP contribution in [0, 0.1) is 0 Å². The molecule has 0 unspecified atom stereocenters. The summed E-state index contributed by atoms with van der Waals surface area (Å²) in [4.78, 5) is 32.8. The maximum Gasteiger partial charge on any atom is 0.408 e. The summed E-state index contributed by atoms with van der Waals surface area (Å²) in [6.07, 6.45) is 1.14. The molecule has 1 amide bonds. The highest BCUT2D eigenvalue weighted by Crippen LogP contribution is 2.17. The predicted molar refractivity (Wildman–Crippen MR) is 104 cm³/mol. The van der Waals surface area contributed by atoms with Crippen LogP contribution in [-0.2, 0) is 16.5 Å². The lowest BCUT2D eigenvalue weighted by molar-refractivity contribution is 0.0497. The summed E-state index contributed by atoms with van der Waals surface area (Å²) in [6.45, 7) is 6.16. The Hall–Kier alpha value is -2.20. The molecule has 1 aliphatic heterocycles. The molecular formula is C17H22BrN5O4. The van der Waals surface area contributed by atoms with Gasteiger partial charge in [0.1, 0.15) is 11.2 Å². The monoisotopic (exact) mass is 439 g/mol. The summed E-state index contributed by atoms with van der Waals surface area (Å²) < 4.78 is 12.7. The second kappa shape index (κ2) is 7.43. The van der Waals surface area contributed by atoms with Crippen molar-refractivity contribution in [1.82, 2.24) is 19.9 Å². The lowest BCUT2D eigenvalue weighted by atomic mass is 10.2. The molecule has 3 heterocycles. The van der Waals surface area contributed by atoms with E-state index in [9.17, 15) is 9.59 Å². The van der Waals surface area contributed by atoms with E-state index < -0.39 is 11.7 Å². The van der Waals surface area contributed by atoms with Crippen LogP contribution in [0.25, 0.3) is 11.0 Å². The fraction of sp³-hybridized carbons (Fsp3) is 0.529. The molecule has 0 aliphatic carbocycles. The summed E-state index contributed by atoms with van der Waals surface area (Å²) in [5.74, 6) is 0.353. The predicted octanol–water partition coefficient (Wildman–Crippen LogP) is 1.79. The number of halogens is 1. The van der Waals surface area contributed by atoms with Crippen molar-refractivity contribution >= 4 is 39.0 Å². The van der Waals surface area contributed by atoms with Gasteiger partial charge >= 0.3 is 6.09 Å². The Kier molecular flexibility index (Phi) is 5.38. The Morgan fingerprint density at radius 2 is 2.07 bits per heavy atom. The van der Waals surface area contributed by atoms with Crippen molar-refractivity contribution in [2.75, 3.05) is 18.5 Å². The Bertz CT molecular complexity index is 924. The minimum Gasteiger partial charge on any atom is -0.444 e. The Labute approximate surface area is 164 Å². The van der Waals surface area contributed by atoms with Gasteiger partial charge in [0, 0.05) is 18.6 Å². The third kappa shape index (κ3) is 4.56. The average molecular weight is 440 g/mol. The normalized spacial score (nSPS) is 19.9. The molecule has 3 rings (SSSR count). The van der Waals surface area contributed by atoms with Crippen molar-refractivity contribution in [2.45, 2.75) is 38.5 Å². The van der Waals surface area contributed by atoms with Gasteiger partial charge in [0.15, 0.2) is 0 Å². The number of anilines is 1. The molecule has 27 heavy (non-hydrogen) atoms. The average Bonchev–Trinajstić information content (AvgIpc) is 2.98. The van der Waals surface area contributed by atoms with Crippen molar-refractivity contribution < 1.29 is 14.3 Å². The zero-order valence-electron chi connectivity index (χ0n) is 15.6. The number of carbonyl (C=O) groups is 1. The minimum atomic E-state index is -0.576. The molecule has 1 fully saturated rings. The van der Waals surface area contributed by atoms with Crippen LogP contribution in [0.4, 0.5) is 10.7 Å². The van der Waals surface area contributed by atoms with E-state index in [1.807, 2.05) is 0 Å². The molecule has 2 aromatic rings. The lowest BCUT2D eigenvalue weighted by Gasteiger charge is -2.24. The molecule has 0 spiro atoms. The summed E-state index contributed by atoms with van der Waals surface area (Å²) >= 11 is 3.23. The maximum atomic E-state index is 12.1. The minimum absolute atomic E-state index is 0.180. The zero-order chi connectivity index (χ0) is 19.8. The molecule has 0 aromatic carbocycles. The van der Waals surface area contributed by atoms with E-state index in [0.29, 0.717) is 29.3 Å². The molecule has 0 saturated carbocycles. The highest BCUT2D eigenvalue weighted by atomic mass is 79.9. The fourth-order valence-electron chi connectivity index (χ4n) is 2.74. The van der Waals surface area contributed by atoms with Gasteiger partial charge in [-0.05, 0) is 42.8 Å². The topological polar surface area (TPSA) is 107 Å². The first-order valence-corrected chi connectivity index (χ1v) is 9.29. The number of hydrogen-bond acceptors (Lipinski definition) is 7. The summed E-state index contributed by atoms with van der Waals surface area (Å²) in [7, 11) is 1.65. The third-order valence-corrected chi connectivity index (χ3v) is 4.57. The smallest absolute Gasteiger partial charge is 0.408 e. The first-order valence-electron chi connectivity index (χ1n) is 8.50. The van der Waals surface area contributed by atoms with Gasteiger partial charge in [0.05, 0.1) is 29.8 Å². The molecule has 0 bridgehead atoms. The van der Waals surface area contributed by atoms with Crippen molar-refractivity contribution in [3.63, 3.8) is 0 Å². The van der Waals surface area contributed by atoms with Crippen LogP contribution in [0.5, 0.6) is 0 Å². The van der Waals surface area contributed by atoms with Gasteiger partial charge in [-0.25, -0.2) is 9.78 Å². The van der Waals surface area contributed by atoms with Gasteiger partial charge in [0.25, 0.3) is 5.56 Å². The highest BCUT2D eigenvalue weighted by molar-refractivity contribution is 9.10. The van der Waals surface area contributed by atoms with Gasteiger partial charge in [-0.3, -0.25) is 9.36 Å². The van der Waals surface area contributed by atoms with Crippen LogP contribution in [-0.4, -0.2) is 51.5 Å². The van der Waals surface area contributed by atoms with Crippen LogP contribution in [0.3, 0.4) is 0 Å². The number of nitrogens with zero attached hydrogens (tertiary/aromatic N) is 3. The van der Waals surface area contributed by atoms with Crippen LogP contribution < -0.4 is 16.2 Å². The third-order valence-electron chi connectivity index (χ3n) is 4.00. The van der Waals surface area contributed by atoms with E-state index in [0.717, 1.165) is 5.39 Å². The van der Waals surface area contributed by atoms with Gasteiger partial charge in [0.2, 0.25) is 5.95 Å². The summed E-state index contributed by atoms with van der Waals surface area (Å²) in [5, 5.41) is 6.71. The number of ether oxygens (including phenoxy) is 2. The zero-order valence-corrected chi connectivity index (χ0v) is 17.2. The standard InChI is InChI=1S/C17H22BrN5O4/c1-17(2,3)27-16(25)21-12-8-26-7-11(12)20-15-19-6-9-5-10(18)14(24)23(4)13(9)22-15/h5-6,11-12H,7-8H2,1-4H3,(H,21,25)(H,19,20,22)/t11-,12+/m1/s1. The van der Waals surface area contributed by atoms with Crippen LogP contribution in [0.1, 0.15) is 20.8 Å². The van der Waals surface area contributed by atoms with Crippen LogP contribution in [0.15, 0.2) is 21.5 Å². The lowest BCUT2D eigenvalue weighted by Crippen LogP contribution is -2.47. The first kappa shape index (κ1) is 19.6. The molecule has 1 saturated heterocycles. The van der Waals surface area contributed by atoms with E-state index in [4.69, 9.17) is 9.47 Å². The number of aryl methyl sites for hydroxylation is 1. The van der Waals surface area contributed by atoms with E-state index in [1.54, 1.807) is 40.1 Å². The molecule has 2 atom stereocenters.